The molecule has 3 N–H and O–H groups in total. The average molecular weight is 151 g/mol. The summed E-state index contributed by atoms with van der Waals surface area (Å²) in [4.78, 5) is 10.0. The Morgan fingerprint density at radius 1 is 1.80 bits per heavy atom. The number of carboxylic acid groups (broad SMARTS) is 1. The molecule has 0 aromatic rings. The van der Waals surface area contributed by atoms with E-state index in [0.29, 0.717) is 0 Å². The minimum atomic E-state index is -2.84. The number of carboxylic acids is 1. The molecule has 0 heterocycles. The number of nitrogens with two attached hydrogens (primary N) is 1. The van der Waals surface area contributed by atoms with Crippen molar-refractivity contribution in [2.24, 2.45) is 11.7 Å². The Hall–Kier alpha value is -0.710. The van der Waals surface area contributed by atoms with Crippen LogP contribution in [0.1, 0.15) is 6.42 Å². The van der Waals surface area contributed by atoms with E-state index in [1.807, 2.05) is 0 Å². The van der Waals surface area contributed by atoms with Crippen molar-refractivity contribution in [1.29, 1.82) is 0 Å². The van der Waals surface area contributed by atoms with Crippen LogP contribution in [0.4, 0.5) is 8.78 Å². The lowest BCUT2D eigenvalue weighted by atomic mass is 10.2. The van der Waals surface area contributed by atoms with Crippen molar-refractivity contribution in [3.05, 3.63) is 0 Å². The van der Waals surface area contributed by atoms with E-state index >= 15 is 0 Å². The van der Waals surface area contributed by atoms with Crippen LogP contribution in [-0.2, 0) is 4.79 Å². The quantitative estimate of drug-likeness (QED) is 0.586. The summed E-state index contributed by atoms with van der Waals surface area (Å²) in [5.74, 6) is -5.34. The summed E-state index contributed by atoms with van der Waals surface area (Å²) in [6.45, 7) is 0. The van der Waals surface area contributed by atoms with Crippen LogP contribution in [0.3, 0.4) is 0 Å². The molecule has 3 nitrogen and oxygen atoms in total. The Labute approximate surface area is 55.8 Å². The Kier molecular flexibility index (Phi) is 1.39. The van der Waals surface area contributed by atoms with E-state index < -0.39 is 23.9 Å². The van der Waals surface area contributed by atoms with Crippen LogP contribution in [0.15, 0.2) is 0 Å². The van der Waals surface area contributed by atoms with Gasteiger partial charge in [0.2, 0.25) is 0 Å². The standard InChI is InChI=1S/C5H7F2NO2/c6-5(7)1-2(5)3(8)4(9)10/h2-3H,1,8H2,(H,9,10)/t2?,3-/m0/s1. The van der Waals surface area contributed by atoms with E-state index in [-0.39, 0.29) is 6.42 Å². The summed E-state index contributed by atoms with van der Waals surface area (Å²) >= 11 is 0. The molecule has 1 aliphatic rings. The lowest BCUT2D eigenvalue weighted by molar-refractivity contribution is -0.139. The number of alkyl halides is 2. The Bertz CT molecular complexity index is 171. The topological polar surface area (TPSA) is 63.3 Å². The van der Waals surface area contributed by atoms with Gasteiger partial charge in [0.05, 0.1) is 5.92 Å². The number of halogens is 2. The molecule has 58 valence electrons. The van der Waals surface area contributed by atoms with Crippen LogP contribution in [0, 0.1) is 5.92 Å². The monoisotopic (exact) mass is 151 g/mol. The minimum Gasteiger partial charge on any atom is -0.480 e. The summed E-state index contributed by atoms with van der Waals surface area (Å²) in [5, 5.41) is 8.17. The Morgan fingerprint density at radius 2 is 2.20 bits per heavy atom. The highest BCUT2D eigenvalue weighted by Crippen LogP contribution is 2.50. The van der Waals surface area contributed by atoms with E-state index in [0.717, 1.165) is 0 Å². The minimum absolute atomic E-state index is 0.388. The highest BCUT2D eigenvalue weighted by Gasteiger charge is 2.61. The lowest BCUT2D eigenvalue weighted by Crippen LogP contribution is -2.34. The van der Waals surface area contributed by atoms with Crippen LogP contribution in [-0.4, -0.2) is 23.0 Å². The number of carbonyl (C=O) groups is 1. The zero-order valence-electron chi connectivity index (χ0n) is 5.05. The predicted octanol–water partition coefficient (Wildman–Crippen LogP) is 0.0535. The van der Waals surface area contributed by atoms with Crippen LogP contribution in [0.2, 0.25) is 0 Å². The molecule has 0 bridgehead atoms. The molecule has 1 aliphatic carbocycles. The number of hydrogen-bond donors (Lipinski definition) is 2. The molecule has 0 aromatic heterocycles. The van der Waals surface area contributed by atoms with Crippen molar-refractivity contribution in [2.75, 3.05) is 0 Å². The van der Waals surface area contributed by atoms with Gasteiger partial charge in [-0.1, -0.05) is 0 Å². The largest absolute Gasteiger partial charge is 0.480 e. The fraction of sp³-hybridized carbons (Fsp3) is 0.800. The normalized spacial score (nSPS) is 31.3. The zero-order chi connectivity index (χ0) is 7.94. The molecular formula is C5H7F2NO2. The maximum atomic E-state index is 12.1. The highest BCUT2D eigenvalue weighted by molar-refractivity contribution is 5.74. The third kappa shape index (κ3) is 1.09. The van der Waals surface area contributed by atoms with E-state index in [4.69, 9.17) is 10.8 Å². The van der Waals surface area contributed by atoms with Gasteiger partial charge >= 0.3 is 5.97 Å². The first-order valence-corrected chi connectivity index (χ1v) is 2.81. The Morgan fingerprint density at radius 3 is 2.30 bits per heavy atom. The summed E-state index contributed by atoms with van der Waals surface area (Å²) < 4.78 is 24.1. The molecule has 5 heteroatoms. The van der Waals surface area contributed by atoms with Crippen LogP contribution in [0.25, 0.3) is 0 Å². The van der Waals surface area contributed by atoms with Gasteiger partial charge in [-0.3, -0.25) is 4.79 Å². The molecule has 0 aromatic carbocycles. The fourth-order valence-electron chi connectivity index (χ4n) is 0.796. The summed E-state index contributed by atoms with van der Waals surface area (Å²) in [6.07, 6.45) is -0.388. The van der Waals surface area contributed by atoms with Crippen molar-refractivity contribution in [3.63, 3.8) is 0 Å². The van der Waals surface area contributed by atoms with Crippen LogP contribution in [0.5, 0.6) is 0 Å². The SMILES string of the molecule is N[C@H](C(=O)O)C1CC1(F)F. The summed E-state index contributed by atoms with van der Waals surface area (Å²) in [6, 6.07) is -1.41. The van der Waals surface area contributed by atoms with Gasteiger partial charge in [-0.2, -0.15) is 0 Å². The predicted molar refractivity (Wildman–Crippen MR) is 28.7 cm³/mol. The average Bonchev–Trinajstić information content (AvgIpc) is 2.38. The van der Waals surface area contributed by atoms with Gasteiger partial charge in [-0.15, -0.1) is 0 Å². The molecule has 1 saturated carbocycles. The second-order valence-corrected chi connectivity index (χ2v) is 2.44. The third-order valence-corrected chi connectivity index (χ3v) is 1.59. The first-order chi connectivity index (χ1) is 4.45. The molecule has 0 saturated heterocycles. The smallest absolute Gasteiger partial charge is 0.320 e. The maximum Gasteiger partial charge on any atom is 0.320 e. The third-order valence-electron chi connectivity index (χ3n) is 1.59. The number of aliphatic carboxylic acids is 1. The van der Waals surface area contributed by atoms with Crippen molar-refractivity contribution in [2.45, 2.75) is 18.4 Å². The second-order valence-electron chi connectivity index (χ2n) is 2.44. The molecule has 0 amide bonds. The van der Waals surface area contributed by atoms with E-state index in [9.17, 15) is 13.6 Å². The molecule has 2 atom stereocenters. The summed E-state index contributed by atoms with van der Waals surface area (Å²) in [5.41, 5.74) is 4.92. The number of hydrogen-bond acceptors (Lipinski definition) is 2. The van der Waals surface area contributed by atoms with Crippen LogP contribution >= 0.6 is 0 Å². The van der Waals surface area contributed by atoms with E-state index in [1.165, 1.54) is 0 Å². The van der Waals surface area contributed by atoms with Gasteiger partial charge < -0.3 is 10.8 Å². The van der Waals surface area contributed by atoms with E-state index in [1.54, 1.807) is 0 Å². The molecular weight excluding hydrogens is 144 g/mol. The molecule has 1 fully saturated rings. The molecule has 1 unspecified atom stereocenters. The fourth-order valence-corrected chi connectivity index (χ4v) is 0.796. The van der Waals surface area contributed by atoms with Gasteiger partial charge in [0.15, 0.2) is 0 Å². The second kappa shape index (κ2) is 1.88. The molecule has 0 aliphatic heterocycles. The number of rotatable bonds is 2. The Balaban J connectivity index is 2.47. The van der Waals surface area contributed by atoms with Gasteiger partial charge in [0.25, 0.3) is 5.92 Å². The first-order valence-electron chi connectivity index (χ1n) is 2.81. The maximum absolute atomic E-state index is 12.1. The molecule has 10 heavy (non-hydrogen) atoms. The van der Waals surface area contributed by atoms with Crippen LogP contribution < -0.4 is 5.73 Å². The summed E-state index contributed by atoms with van der Waals surface area (Å²) in [7, 11) is 0. The zero-order valence-corrected chi connectivity index (χ0v) is 5.05. The van der Waals surface area contributed by atoms with Crippen molar-refractivity contribution in [1.82, 2.24) is 0 Å². The van der Waals surface area contributed by atoms with Crippen molar-refractivity contribution >= 4 is 5.97 Å². The molecule has 0 radical (unpaired) electrons. The van der Waals surface area contributed by atoms with Gasteiger partial charge in [0.1, 0.15) is 6.04 Å². The van der Waals surface area contributed by atoms with Crippen molar-refractivity contribution < 1.29 is 18.7 Å². The van der Waals surface area contributed by atoms with Crippen molar-refractivity contribution in [3.8, 4) is 0 Å². The first kappa shape index (κ1) is 7.40. The highest BCUT2D eigenvalue weighted by atomic mass is 19.3. The van der Waals surface area contributed by atoms with E-state index in [2.05, 4.69) is 0 Å². The molecule has 1 rings (SSSR count). The van der Waals surface area contributed by atoms with Gasteiger partial charge in [-0.05, 0) is 0 Å². The van der Waals surface area contributed by atoms with Gasteiger partial charge in [0, 0.05) is 6.42 Å². The molecule has 0 spiro atoms. The van der Waals surface area contributed by atoms with Gasteiger partial charge in [-0.25, -0.2) is 8.78 Å². The lowest BCUT2D eigenvalue weighted by Gasteiger charge is -2.02.